The molecule has 1 aromatic rings. The van der Waals surface area contributed by atoms with Crippen LogP contribution in [-0.4, -0.2) is 13.1 Å². The van der Waals surface area contributed by atoms with E-state index in [-0.39, 0.29) is 0 Å². The van der Waals surface area contributed by atoms with Gasteiger partial charge >= 0.3 is 6.09 Å². The fourth-order valence-electron chi connectivity index (χ4n) is 1.04. The van der Waals surface area contributed by atoms with E-state index in [1.54, 1.807) is 12.1 Å². The Morgan fingerprint density at radius 2 is 1.92 bits per heavy atom. The molecule has 0 aliphatic carbocycles. The number of hydrogen-bond acceptors (Lipinski definition) is 1. The van der Waals surface area contributed by atoms with E-state index in [0.717, 1.165) is 10.5 Å². The second-order valence-corrected chi connectivity index (χ2v) is 2.61. The number of nitrogens with zero attached hydrogens (tertiary/aromatic N) is 1. The largest absolute Gasteiger partial charge is 0.457 e. The zero-order valence-corrected chi connectivity index (χ0v) is 7.07. The molecule has 0 fully saturated rings. The van der Waals surface area contributed by atoms with Crippen LogP contribution in [0.1, 0.15) is 5.56 Å². The molecule has 0 atom stereocenters. The molecule has 0 bridgehead atoms. The minimum absolute atomic E-state index is 0.664. The van der Waals surface area contributed by atoms with Gasteiger partial charge in [-0.3, -0.25) is 4.90 Å². The van der Waals surface area contributed by atoms with Gasteiger partial charge < -0.3 is 0 Å². The van der Waals surface area contributed by atoms with Gasteiger partial charge in [0.1, 0.15) is 0 Å². The smallest absolute Gasteiger partial charge is 0.278 e. The van der Waals surface area contributed by atoms with E-state index < -0.39 is 6.09 Å². The Balaban J connectivity index is 3.02. The summed E-state index contributed by atoms with van der Waals surface area (Å²) in [6, 6.07) is 7.25. The molecule has 1 radical (unpaired) electrons. The first-order valence-electron chi connectivity index (χ1n) is 3.63. The van der Waals surface area contributed by atoms with Gasteiger partial charge in [-0.1, -0.05) is 18.2 Å². The average molecular weight is 164 g/mol. The summed E-state index contributed by atoms with van der Waals surface area (Å²) in [6.07, 6.45) is -1.19. The molecule has 0 saturated heterocycles. The zero-order chi connectivity index (χ0) is 9.14. The summed E-state index contributed by atoms with van der Waals surface area (Å²) in [5, 5.41) is 10.5. The van der Waals surface area contributed by atoms with Crippen molar-refractivity contribution >= 4 is 11.8 Å². The summed E-state index contributed by atoms with van der Waals surface area (Å²) < 4.78 is 0. The molecule has 0 heterocycles. The first-order valence-corrected chi connectivity index (χ1v) is 3.63. The minimum atomic E-state index is -1.19. The maximum absolute atomic E-state index is 10.5. The van der Waals surface area contributed by atoms with Crippen molar-refractivity contribution < 1.29 is 9.90 Å². The Hall–Kier alpha value is -1.51. The maximum Gasteiger partial charge on any atom is 0.457 e. The van der Waals surface area contributed by atoms with Crippen LogP contribution in [-0.2, 0) is 5.11 Å². The Labute approximate surface area is 71.2 Å². The van der Waals surface area contributed by atoms with Crippen LogP contribution in [0.25, 0.3) is 0 Å². The van der Waals surface area contributed by atoms with E-state index in [1.807, 2.05) is 19.1 Å². The van der Waals surface area contributed by atoms with Crippen molar-refractivity contribution in [3.05, 3.63) is 29.8 Å². The molecule has 0 spiro atoms. The van der Waals surface area contributed by atoms with Gasteiger partial charge in [-0.2, -0.15) is 0 Å². The summed E-state index contributed by atoms with van der Waals surface area (Å²) in [5.74, 6) is 0. The standard InChI is InChI=1S/C9H10NO2/c1-7-5-3-4-6-8(7)10(2)9(11)12/h3-6H,1-2H3. The Bertz CT molecular complexity index is 296. The molecule has 3 nitrogen and oxygen atoms in total. The number of benzene rings is 1. The third-order valence-corrected chi connectivity index (χ3v) is 1.75. The molecule has 0 aliphatic heterocycles. The Kier molecular flexibility index (Phi) is 2.33. The predicted molar refractivity (Wildman–Crippen MR) is 45.7 cm³/mol. The maximum atomic E-state index is 10.5. The molecule has 0 unspecified atom stereocenters. The van der Waals surface area contributed by atoms with Crippen LogP contribution in [0.5, 0.6) is 0 Å². The van der Waals surface area contributed by atoms with Crippen LogP contribution < -0.4 is 4.90 Å². The number of aryl methyl sites for hydroxylation is 1. The molecule has 1 amide bonds. The molecule has 0 aliphatic rings. The minimum Gasteiger partial charge on any atom is -0.278 e. The highest BCUT2D eigenvalue weighted by atomic mass is 16.4. The molecule has 1 aromatic carbocycles. The van der Waals surface area contributed by atoms with Crippen LogP contribution in [0.4, 0.5) is 10.5 Å². The number of amides is 1. The normalized spacial score (nSPS) is 9.50. The number of hydrogen-bond donors (Lipinski definition) is 0. The Morgan fingerprint density at radius 1 is 1.33 bits per heavy atom. The quantitative estimate of drug-likeness (QED) is 0.625. The molecule has 1 rings (SSSR count). The second-order valence-electron chi connectivity index (χ2n) is 2.61. The van der Waals surface area contributed by atoms with Crippen LogP contribution in [0.2, 0.25) is 0 Å². The third kappa shape index (κ3) is 1.56. The summed E-state index contributed by atoms with van der Waals surface area (Å²) >= 11 is 0. The Morgan fingerprint density at radius 3 is 2.42 bits per heavy atom. The van der Waals surface area contributed by atoms with E-state index in [4.69, 9.17) is 0 Å². The van der Waals surface area contributed by atoms with Gasteiger partial charge in [-0.25, -0.2) is 9.90 Å². The molecule has 0 N–H and O–H groups in total. The van der Waals surface area contributed by atoms with Gasteiger partial charge in [0.2, 0.25) is 0 Å². The molecular weight excluding hydrogens is 154 g/mol. The summed E-state index contributed by atoms with van der Waals surface area (Å²) in [6.45, 7) is 1.86. The number of rotatable bonds is 1. The lowest BCUT2D eigenvalue weighted by atomic mass is 10.2. The van der Waals surface area contributed by atoms with E-state index in [9.17, 15) is 9.90 Å². The van der Waals surface area contributed by atoms with E-state index in [1.165, 1.54) is 7.05 Å². The number of para-hydroxylation sites is 1. The third-order valence-electron chi connectivity index (χ3n) is 1.75. The topological polar surface area (TPSA) is 40.2 Å². The number of carbonyl (C=O) groups excluding carboxylic acids is 1. The fraction of sp³-hybridized carbons (Fsp3) is 0.222. The molecule has 63 valence electrons. The van der Waals surface area contributed by atoms with Crippen molar-refractivity contribution in [3.63, 3.8) is 0 Å². The second kappa shape index (κ2) is 3.26. The van der Waals surface area contributed by atoms with Crippen molar-refractivity contribution in [2.75, 3.05) is 11.9 Å². The summed E-state index contributed by atoms with van der Waals surface area (Å²) in [4.78, 5) is 11.6. The summed E-state index contributed by atoms with van der Waals surface area (Å²) in [5.41, 5.74) is 1.58. The predicted octanol–water partition coefficient (Wildman–Crippen LogP) is 1.98. The molecular formula is C9H10NO2. The highest BCUT2D eigenvalue weighted by Crippen LogP contribution is 2.17. The van der Waals surface area contributed by atoms with Gasteiger partial charge in [-0.05, 0) is 18.6 Å². The van der Waals surface area contributed by atoms with Crippen molar-refractivity contribution in [1.82, 2.24) is 0 Å². The fourth-order valence-corrected chi connectivity index (χ4v) is 1.04. The SMILES string of the molecule is Cc1ccccc1N(C)C([O])=O. The highest BCUT2D eigenvalue weighted by Gasteiger charge is 2.11. The van der Waals surface area contributed by atoms with Crippen molar-refractivity contribution in [2.24, 2.45) is 0 Å². The van der Waals surface area contributed by atoms with Crippen LogP contribution in [0.3, 0.4) is 0 Å². The van der Waals surface area contributed by atoms with Gasteiger partial charge in [0.25, 0.3) is 0 Å². The van der Waals surface area contributed by atoms with E-state index >= 15 is 0 Å². The van der Waals surface area contributed by atoms with E-state index in [0.29, 0.717) is 5.69 Å². The lowest BCUT2D eigenvalue weighted by Gasteiger charge is -2.13. The van der Waals surface area contributed by atoms with Gasteiger partial charge in [0.05, 0.1) is 0 Å². The van der Waals surface area contributed by atoms with Crippen molar-refractivity contribution in [1.29, 1.82) is 0 Å². The molecule has 0 aromatic heterocycles. The van der Waals surface area contributed by atoms with Gasteiger partial charge in [-0.15, -0.1) is 0 Å². The lowest BCUT2D eigenvalue weighted by molar-refractivity contribution is 0.178. The lowest BCUT2D eigenvalue weighted by Crippen LogP contribution is -2.23. The molecule has 0 saturated carbocycles. The molecule has 3 heteroatoms. The average Bonchev–Trinajstić information content (AvgIpc) is 2.04. The van der Waals surface area contributed by atoms with Gasteiger partial charge in [0.15, 0.2) is 0 Å². The van der Waals surface area contributed by atoms with Crippen molar-refractivity contribution in [2.45, 2.75) is 6.92 Å². The van der Waals surface area contributed by atoms with E-state index in [2.05, 4.69) is 0 Å². The van der Waals surface area contributed by atoms with Crippen LogP contribution >= 0.6 is 0 Å². The molecule has 12 heavy (non-hydrogen) atoms. The monoisotopic (exact) mass is 164 g/mol. The zero-order valence-electron chi connectivity index (χ0n) is 7.07. The highest BCUT2D eigenvalue weighted by molar-refractivity contribution is 5.85. The van der Waals surface area contributed by atoms with Crippen LogP contribution in [0.15, 0.2) is 24.3 Å². The summed E-state index contributed by atoms with van der Waals surface area (Å²) in [7, 11) is 1.47. The van der Waals surface area contributed by atoms with Crippen molar-refractivity contribution in [3.8, 4) is 0 Å². The first-order chi connectivity index (χ1) is 5.63. The number of carbonyl (C=O) groups is 1. The number of anilines is 1. The van der Waals surface area contributed by atoms with Crippen LogP contribution in [0, 0.1) is 6.92 Å². The first kappa shape index (κ1) is 8.59. The van der Waals surface area contributed by atoms with Gasteiger partial charge in [0, 0.05) is 12.7 Å².